The number of amides is 2. The Kier molecular flexibility index (Phi) is 3.74. The molecule has 2 N–H and O–H groups in total. The molecule has 0 aliphatic carbocycles. The minimum Gasteiger partial charge on any atom is -0.326 e. The average molecular weight is 333 g/mol. The van der Waals surface area contributed by atoms with Crippen molar-refractivity contribution in [2.45, 2.75) is 12.5 Å². The molecule has 2 aromatic carbocycles. The first-order valence-electron chi connectivity index (χ1n) is 7.88. The van der Waals surface area contributed by atoms with Gasteiger partial charge in [0.15, 0.2) is 5.82 Å². The molecule has 1 aliphatic heterocycles. The zero-order valence-electron chi connectivity index (χ0n) is 13.2. The summed E-state index contributed by atoms with van der Waals surface area (Å²) < 4.78 is 1.48. The van der Waals surface area contributed by atoms with Crippen molar-refractivity contribution in [1.29, 1.82) is 0 Å². The largest absolute Gasteiger partial charge is 0.326 e. The molecule has 7 heteroatoms. The van der Waals surface area contributed by atoms with E-state index in [-0.39, 0.29) is 18.2 Å². The summed E-state index contributed by atoms with van der Waals surface area (Å²) in [5.74, 6) is 0.346. The van der Waals surface area contributed by atoms with E-state index in [0.29, 0.717) is 17.5 Å². The molecule has 0 radical (unpaired) electrons. The van der Waals surface area contributed by atoms with E-state index in [9.17, 15) is 9.59 Å². The smallest absolute Gasteiger partial charge is 0.252 e. The van der Waals surface area contributed by atoms with Crippen LogP contribution in [-0.2, 0) is 9.59 Å². The maximum Gasteiger partial charge on any atom is 0.252 e. The third-order valence-electron chi connectivity index (χ3n) is 3.93. The molecule has 0 saturated carbocycles. The highest BCUT2D eigenvalue weighted by molar-refractivity contribution is 6.01. The number of hydrogen-bond acceptors (Lipinski definition) is 4. The van der Waals surface area contributed by atoms with Crippen LogP contribution in [0.3, 0.4) is 0 Å². The van der Waals surface area contributed by atoms with Crippen molar-refractivity contribution in [2.24, 2.45) is 0 Å². The van der Waals surface area contributed by atoms with Gasteiger partial charge in [-0.25, -0.2) is 4.68 Å². The summed E-state index contributed by atoms with van der Waals surface area (Å²) in [6.45, 7) is 0. The van der Waals surface area contributed by atoms with E-state index in [2.05, 4.69) is 20.7 Å². The van der Waals surface area contributed by atoms with Crippen molar-refractivity contribution in [3.63, 3.8) is 0 Å². The second-order valence-electron chi connectivity index (χ2n) is 5.69. The SMILES string of the molecule is O=C(CC1C(=O)Nc2nc(-c3ccccc3)nn21)Nc1ccccc1. The van der Waals surface area contributed by atoms with Crippen molar-refractivity contribution < 1.29 is 9.59 Å². The second-order valence-corrected chi connectivity index (χ2v) is 5.69. The van der Waals surface area contributed by atoms with E-state index in [0.717, 1.165) is 5.56 Å². The van der Waals surface area contributed by atoms with Crippen LogP contribution in [-0.4, -0.2) is 26.6 Å². The van der Waals surface area contributed by atoms with Crippen molar-refractivity contribution in [3.8, 4) is 11.4 Å². The molecule has 4 rings (SSSR count). The molecule has 25 heavy (non-hydrogen) atoms. The van der Waals surface area contributed by atoms with E-state index in [1.165, 1.54) is 4.68 Å². The summed E-state index contributed by atoms with van der Waals surface area (Å²) in [4.78, 5) is 28.7. The molecule has 1 aliphatic rings. The molecule has 0 bridgehead atoms. The van der Waals surface area contributed by atoms with Gasteiger partial charge < -0.3 is 5.32 Å². The van der Waals surface area contributed by atoms with E-state index in [1.54, 1.807) is 12.1 Å². The number of para-hydroxylation sites is 1. The van der Waals surface area contributed by atoms with Crippen LogP contribution < -0.4 is 10.6 Å². The summed E-state index contributed by atoms with van der Waals surface area (Å²) in [6.07, 6.45) is -0.00861. The van der Waals surface area contributed by atoms with Gasteiger partial charge in [-0.15, -0.1) is 5.10 Å². The lowest BCUT2D eigenvalue weighted by atomic mass is 10.2. The Labute approximate surface area is 143 Å². The first-order valence-corrected chi connectivity index (χ1v) is 7.88. The molecule has 0 spiro atoms. The van der Waals surface area contributed by atoms with Gasteiger partial charge in [0.1, 0.15) is 6.04 Å². The highest BCUT2D eigenvalue weighted by atomic mass is 16.2. The fraction of sp³-hybridized carbons (Fsp3) is 0.111. The third-order valence-corrected chi connectivity index (χ3v) is 3.93. The molecule has 7 nitrogen and oxygen atoms in total. The Bertz CT molecular complexity index is 921. The van der Waals surface area contributed by atoms with Crippen LogP contribution >= 0.6 is 0 Å². The summed E-state index contributed by atoms with van der Waals surface area (Å²) in [5, 5.41) is 9.85. The molecule has 2 heterocycles. The molecule has 0 saturated heterocycles. The first-order chi connectivity index (χ1) is 12.2. The number of rotatable bonds is 4. The maximum absolute atomic E-state index is 12.2. The average Bonchev–Trinajstić information content (AvgIpc) is 3.16. The number of nitrogens with zero attached hydrogens (tertiary/aromatic N) is 3. The molecular weight excluding hydrogens is 318 g/mol. The molecule has 3 aromatic rings. The Morgan fingerprint density at radius 3 is 2.48 bits per heavy atom. The summed E-state index contributed by atoms with van der Waals surface area (Å²) >= 11 is 0. The fourth-order valence-corrected chi connectivity index (χ4v) is 2.73. The molecular formula is C18H15N5O2. The highest BCUT2D eigenvalue weighted by Crippen LogP contribution is 2.28. The first kappa shape index (κ1) is 15.1. The Morgan fingerprint density at radius 1 is 1.08 bits per heavy atom. The van der Waals surface area contributed by atoms with Crippen LogP contribution in [0.2, 0.25) is 0 Å². The number of carbonyl (C=O) groups excluding carboxylic acids is 2. The van der Waals surface area contributed by atoms with Crippen LogP contribution in [0.4, 0.5) is 11.6 Å². The highest BCUT2D eigenvalue weighted by Gasteiger charge is 2.35. The van der Waals surface area contributed by atoms with Crippen LogP contribution in [0.5, 0.6) is 0 Å². The van der Waals surface area contributed by atoms with Crippen LogP contribution in [0, 0.1) is 0 Å². The standard InChI is InChI=1S/C18H15N5O2/c24-15(19-13-9-5-2-6-10-13)11-14-17(25)21-18-20-16(22-23(14)18)12-7-3-1-4-8-12/h1-10,14H,11H2,(H,19,24)(H,20,21,22,25). The van der Waals surface area contributed by atoms with Crippen LogP contribution in [0.15, 0.2) is 60.7 Å². The third kappa shape index (κ3) is 2.99. The van der Waals surface area contributed by atoms with E-state index >= 15 is 0 Å². The molecule has 0 fully saturated rings. The minimum atomic E-state index is -0.705. The predicted octanol–water partition coefficient (Wildman–Crippen LogP) is 2.47. The molecule has 1 atom stereocenters. The van der Waals surface area contributed by atoms with Gasteiger partial charge in [-0.05, 0) is 12.1 Å². The Hall–Kier alpha value is -3.48. The lowest BCUT2D eigenvalue weighted by Gasteiger charge is -2.09. The zero-order valence-corrected chi connectivity index (χ0v) is 13.2. The minimum absolute atomic E-state index is 0.00861. The number of nitrogens with one attached hydrogen (secondary N) is 2. The molecule has 1 aromatic heterocycles. The van der Waals surface area contributed by atoms with E-state index < -0.39 is 6.04 Å². The van der Waals surface area contributed by atoms with E-state index in [1.807, 2.05) is 48.5 Å². The number of anilines is 2. The van der Waals surface area contributed by atoms with Gasteiger partial charge in [0.05, 0.1) is 6.42 Å². The van der Waals surface area contributed by atoms with Crippen molar-refractivity contribution in [3.05, 3.63) is 60.7 Å². The second kappa shape index (κ2) is 6.20. The Morgan fingerprint density at radius 2 is 1.76 bits per heavy atom. The van der Waals surface area contributed by atoms with Crippen LogP contribution in [0.25, 0.3) is 11.4 Å². The number of benzene rings is 2. The lowest BCUT2D eigenvalue weighted by molar-refractivity contribution is -0.123. The van der Waals surface area contributed by atoms with Crippen molar-refractivity contribution in [1.82, 2.24) is 14.8 Å². The van der Waals surface area contributed by atoms with Gasteiger partial charge in [-0.1, -0.05) is 48.5 Å². The van der Waals surface area contributed by atoms with Gasteiger partial charge in [0, 0.05) is 11.3 Å². The normalized spacial score (nSPS) is 15.5. The lowest BCUT2D eigenvalue weighted by Crippen LogP contribution is -2.23. The van der Waals surface area contributed by atoms with Crippen molar-refractivity contribution >= 4 is 23.5 Å². The maximum atomic E-state index is 12.2. The molecule has 2 amide bonds. The van der Waals surface area contributed by atoms with Crippen molar-refractivity contribution in [2.75, 3.05) is 10.6 Å². The summed E-state index contributed by atoms with van der Waals surface area (Å²) in [5.41, 5.74) is 1.54. The number of carbonyl (C=O) groups is 2. The topological polar surface area (TPSA) is 88.9 Å². The molecule has 124 valence electrons. The summed E-state index contributed by atoms with van der Waals surface area (Å²) in [7, 11) is 0. The van der Waals surface area contributed by atoms with Gasteiger partial charge >= 0.3 is 0 Å². The Balaban J connectivity index is 1.53. The number of hydrogen-bond donors (Lipinski definition) is 2. The number of aromatic nitrogens is 3. The van der Waals surface area contributed by atoms with Crippen LogP contribution in [0.1, 0.15) is 12.5 Å². The van der Waals surface area contributed by atoms with Gasteiger partial charge in [-0.2, -0.15) is 4.98 Å². The van der Waals surface area contributed by atoms with Gasteiger partial charge in [0.2, 0.25) is 11.9 Å². The van der Waals surface area contributed by atoms with Gasteiger partial charge in [0.25, 0.3) is 5.91 Å². The van der Waals surface area contributed by atoms with Gasteiger partial charge in [-0.3, -0.25) is 14.9 Å². The quantitative estimate of drug-likeness (QED) is 0.767. The van der Waals surface area contributed by atoms with E-state index in [4.69, 9.17) is 0 Å². The predicted molar refractivity (Wildman–Crippen MR) is 92.8 cm³/mol. The fourth-order valence-electron chi connectivity index (χ4n) is 2.73. The number of fused-ring (bicyclic) bond motifs is 1. The summed E-state index contributed by atoms with van der Waals surface area (Å²) in [6, 6.07) is 17.9. The monoisotopic (exact) mass is 333 g/mol. The molecule has 1 unspecified atom stereocenters. The zero-order chi connectivity index (χ0) is 17.2.